The Balaban J connectivity index is 0.00000211. The summed E-state index contributed by atoms with van der Waals surface area (Å²) in [4.78, 5) is 6.03. The maximum Gasteiger partial charge on any atom is 0.143 e. The minimum Gasteiger partial charge on any atom is -0.508 e. The average Bonchev–Trinajstić information content (AvgIpc) is 2.50. The summed E-state index contributed by atoms with van der Waals surface area (Å²) in [5.41, 5.74) is 0. The van der Waals surface area contributed by atoms with E-state index in [-0.39, 0.29) is 11.9 Å². The molecule has 0 heterocycles. The molecule has 0 fully saturated rings. The minimum atomic E-state index is -0.0225. The van der Waals surface area contributed by atoms with Gasteiger partial charge in [-0.2, -0.15) is 9.48 Å². The molecule has 1 rings (SSSR count). The molecular formula is C18H34NO3+. The van der Waals surface area contributed by atoms with Crippen LogP contribution in [0.5, 0.6) is 11.5 Å². The first-order valence-corrected chi connectivity index (χ1v) is 8.44. The zero-order valence-corrected chi connectivity index (χ0v) is 15.1. The van der Waals surface area contributed by atoms with Crippen LogP contribution in [-0.4, -0.2) is 42.6 Å². The van der Waals surface area contributed by atoms with E-state index in [2.05, 4.69) is 20.9 Å². The number of nitrogens with zero attached hydrogens (tertiary/aromatic N) is 1. The molecule has 0 aliphatic heterocycles. The predicted octanol–water partition coefficient (Wildman–Crippen LogP) is 4.38. The van der Waals surface area contributed by atoms with Crippen LogP contribution in [0, 0.1) is 0 Å². The van der Waals surface area contributed by atoms with Crippen molar-refractivity contribution >= 4 is 0 Å². The summed E-state index contributed by atoms with van der Waals surface area (Å²) in [7, 11) is 2.13. The summed E-state index contributed by atoms with van der Waals surface area (Å²) in [6.45, 7) is 12.9. The van der Waals surface area contributed by atoms with Crippen molar-refractivity contribution in [2.75, 3.05) is 26.7 Å². The highest BCUT2D eigenvalue weighted by atomic mass is 16.7. The number of phenols is 1. The highest BCUT2D eigenvalue weighted by molar-refractivity contribution is 5.30. The Labute approximate surface area is 136 Å². The Kier molecular flexibility index (Phi) is 10.7. The van der Waals surface area contributed by atoms with Gasteiger partial charge in [-0.3, -0.25) is 0 Å². The fraction of sp³-hybridized carbons (Fsp3) is 0.667. The van der Waals surface area contributed by atoms with E-state index in [1.165, 1.54) is 0 Å². The molecule has 0 aliphatic carbocycles. The molecule has 4 heteroatoms. The highest BCUT2D eigenvalue weighted by Gasteiger charge is 2.23. The summed E-state index contributed by atoms with van der Waals surface area (Å²) in [6, 6.07) is 6.77. The number of phenolic OH excluding ortho intramolecular Hbond substituents is 1. The minimum absolute atomic E-state index is 0.0225. The van der Waals surface area contributed by atoms with Crippen molar-refractivity contribution in [2.24, 2.45) is 0 Å². The van der Waals surface area contributed by atoms with Gasteiger partial charge in [0.25, 0.3) is 0 Å². The third-order valence-corrected chi connectivity index (χ3v) is 3.19. The number of hydrogen-bond acceptors (Lipinski definition) is 3. The topological polar surface area (TPSA) is 38.7 Å². The summed E-state index contributed by atoms with van der Waals surface area (Å²) in [5, 5.41) is 9.24. The summed E-state index contributed by atoms with van der Waals surface area (Å²) in [5.74, 6) is 0.996. The van der Waals surface area contributed by atoms with Crippen LogP contribution in [0.25, 0.3) is 0 Å². The van der Waals surface area contributed by atoms with Gasteiger partial charge >= 0.3 is 0 Å². The van der Waals surface area contributed by atoms with E-state index in [9.17, 15) is 5.11 Å². The van der Waals surface area contributed by atoms with Gasteiger partial charge in [0.1, 0.15) is 37.3 Å². The fourth-order valence-electron chi connectivity index (χ4n) is 2.26. The molecule has 0 aromatic heterocycles. The van der Waals surface area contributed by atoms with Gasteiger partial charge in [-0.05, 0) is 44.0 Å². The second kappa shape index (κ2) is 11.3. The number of rotatable bonds is 9. The largest absolute Gasteiger partial charge is 0.508 e. The lowest BCUT2D eigenvalue weighted by Crippen LogP contribution is -2.46. The summed E-state index contributed by atoms with van der Waals surface area (Å²) >= 11 is 0. The molecule has 0 spiro atoms. The number of quaternary nitrogens is 1. The number of hydroxylamine groups is 3. The SMILES string of the molecule is CC.CCC[N+](C)(CCC)OCC(C)Oc1ccc(O)cc1. The van der Waals surface area contributed by atoms with Gasteiger partial charge in [0.05, 0.1) is 7.05 Å². The average molecular weight is 312 g/mol. The number of benzene rings is 1. The molecule has 1 unspecified atom stereocenters. The van der Waals surface area contributed by atoms with Gasteiger partial charge in [-0.25, -0.2) is 0 Å². The van der Waals surface area contributed by atoms with Crippen LogP contribution in [0.4, 0.5) is 0 Å². The lowest BCUT2D eigenvalue weighted by molar-refractivity contribution is -1.09. The van der Waals surface area contributed by atoms with Crippen LogP contribution in [0.3, 0.4) is 0 Å². The summed E-state index contributed by atoms with van der Waals surface area (Å²) < 4.78 is 6.41. The maximum absolute atomic E-state index is 9.24. The third-order valence-electron chi connectivity index (χ3n) is 3.19. The van der Waals surface area contributed by atoms with E-state index < -0.39 is 0 Å². The van der Waals surface area contributed by atoms with E-state index in [4.69, 9.17) is 9.57 Å². The van der Waals surface area contributed by atoms with Gasteiger partial charge in [0, 0.05) is 0 Å². The maximum atomic E-state index is 9.24. The van der Waals surface area contributed by atoms with Crippen molar-refractivity contribution in [3.63, 3.8) is 0 Å². The predicted molar refractivity (Wildman–Crippen MR) is 92.0 cm³/mol. The van der Waals surface area contributed by atoms with E-state index >= 15 is 0 Å². The van der Waals surface area contributed by atoms with Crippen LogP contribution < -0.4 is 4.74 Å². The Morgan fingerprint density at radius 1 is 1.05 bits per heavy atom. The van der Waals surface area contributed by atoms with Crippen LogP contribution in [0.15, 0.2) is 24.3 Å². The Hall–Kier alpha value is -1.26. The van der Waals surface area contributed by atoms with Crippen molar-refractivity contribution in [1.29, 1.82) is 0 Å². The van der Waals surface area contributed by atoms with Crippen molar-refractivity contribution in [3.05, 3.63) is 24.3 Å². The van der Waals surface area contributed by atoms with Crippen molar-refractivity contribution in [3.8, 4) is 11.5 Å². The van der Waals surface area contributed by atoms with Crippen LogP contribution in [0.2, 0.25) is 0 Å². The zero-order chi connectivity index (χ0) is 17.0. The molecule has 0 aliphatic rings. The van der Waals surface area contributed by atoms with Gasteiger partial charge < -0.3 is 9.84 Å². The van der Waals surface area contributed by atoms with Crippen LogP contribution in [-0.2, 0) is 4.84 Å². The molecule has 22 heavy (non-hydrogen) atoms. The van der Waals surface area contributed by atoms with Crippen molar-refractivity contribution < 1.29 is 19.3 Å². The van der Waals surface area contributed by atoms with E-state index in [0.717, 1.165) is 31.7 Å². The second-order valence-electron chi connectivity index (χ2n) is 5.46. The van der Waals surface area contributed by atoms with Gasteiger partial charge in [0.15, 0.2) is 0 Å². The first-order valence-electron chi connectivity index (χ1n) is 8.44. The monoisotopic (exact) mass is 312 g/mol. The van der Waals surface area contributed by atoms with E-state index in [1.807, 2.05) is 20.8 Å². The Morgan fingerprint density at radius 3 is 2.00 bits per heavy atom. The van der Waals surface area contributed by atoms with Gasteiger partial charge in [-0.15, -0.1) is 0 Å². The quantitative estimate of drug-likeness (QED) is 0.543. The standard InChI is InChI=1S/C16H27NO3.C2H6/c1-5-11-17(4,12-6-2)19-13-14(3)20-16-9-7-15(18)8-10-16;1-2/h7-10,14H,5-6,11-13H2,1-4H3;1-2H3/p+1. The van der Waals surface area contributed by atoms with Crippen LogP contribution in [0.1, 0.15) is 47.5 Å². The molecule has 1 aromatic carbocycles. The molecule has 1 N–H and O–H groups in total. The molecule has 0 saturated carbocycles. The molecule has 0 radical (unpaired) electrons. The third kappa shape index (κ3) is 8.25. The van der Waals surface area contributed by atoms with Gasteiger partial charge in [-0.1, -0.05) is 27.7 Å². The lowest BCUT2D eigenvalue weighted by Gasteiger charge is -2.32. The number of hydrogen-bond donors (Lipinski definition) is 1. The molecule has 0 amide bonds. The second-order valence-corrected chi connectivity index (χ2v) is 5.46. The Bertz CT molecular complexity index is 372. The fourth-order valence-corrected chi connectivity index (χ4v) is 2.26. The normalized spacial score (nSPS) is 12.3. The lowest BCUT2D eigenvalue weighted by atomic mass is 10.3. The van der Waals surface area contributed by atoms with Crippen molar-refractivity contribution in [2.45, 2.75) is 53.6 Å². The number of ether oxygens (including phenoxy) is 1. The van der Waals surface area contributed by atoms with Crippen molar-refractivity contribution in [1.82, 2.24) is 0 Å². The Morgan fingerprint density at radius 2 is 1.55 bits per heavy atom. The van der Waals surface area contributed by atoms with Crippen LogP contribution >= 0.6 is 0 Å². The molecule has 1 atom stereocenters. The smallest absolute Gasteiger partial charge is 0.143 e. The molecule has 0 bridgehead atoms. The van der Waals surface area contributed by atoms with E-state index in [0.29, 0.717) is 11.3 Å². The molecular weight excluding hydrogens is 278 g/mol. The molecule has 1 aromatic rings. The first-order chi connectivity index (χ1) is 10.5. The first kappa shape index (κ1) is 20.7. The zero-order valence-electron chi connectivity index (χ0n) is 15.1. The molecule has 0 saturated heterocycles. The number of aromatic hydroxyl groups is 1. The highest BCUT2D eigenvalue weighted by Crippen LogP contribution is 2.17. The molecule has 128 valence electrons. The summed E-state index contributed by atoms with van der Waals surface area (Å²) in [6.07, 6.45) is 2.18. The molecule has 4 nitrogen and oxygen atoms in total. The van der Waals surface area contributed by atoms with Gasteiger partial charge in [0.2, 0.25) is 0 Å². The van der Waals surface area contributed by atoms with E-state index in [1.54, 1.807) is 24.3 Å².